The predicted octanol–water partition coefficient (Wildman–Crippen LogP) is 13.2. The summed E-state index contributed by atoms with van der Waals surface area (Å²) in [6.07, 6.45) is 0. The van der Waals surface area contributed by atoms with Crippen LogP contribution in [-0.2, 0) is 9.31 Å². The molecule has 0 saturated carbocycles. The molecule has 1 aliphatic heterocycles. The molecular weight excluding hydrogens is 816 g/mol. The van der Waals surface area contributed by atoms with Crippen LogP contribution in [0.4, 0.5) is 4.39 Å². The summed E-state index contributed by atoms with van der Waals surface area (Å²) in [4.78, 5) is 15.9. The molecule has 0 radical (unpaired) electrons. The van der Waals surface area contributed by atoms with Gasteiger partial charge in [0, 0.05) is 43.8 Å². The molecule has 12 rings (SSSR count). The summed E-state index contributed by atoms with van der Waals surface area (Å²) in [5.41, 5.74) is 9.49. The Balaban J connectivity index is 1.14. The third-order valence-electron chi connectivity index (χ3n) is 13.6. The first-order valence-corrected chi connectivity index (χ1v) is 22.3. The summed E-state index contributed by atoms with van der Waals surface area (Å²) in [7, 11) is -1.00. The van der Waals surface area contributed by atoms with Crippen LogP contribution in [0.15, 0.2) is 188 Å². The number of hydrogen-bond donors (Lipinski definition) is 0. The molecular formula is C57H43BFN5O2. The first kappa shape index (κ1) is 39.8. The van der Waals surface area contributed by atoms with Crippen LogP contribution < -0.4 is 5.46 Å². The highest BCUT2D eigenvalue weighted by Gasteiger charge is 2.53. The third-order valence-corrected chi connectivity index (χ3v) is 13.6. The van der Waals surface area contributed by atoms with Crippen molar-refractivity contribution < 1.29 is 13.7 Å². The molecule has 9 heteroatoms. The maximum atomic E-state index is 16.5. The topological polar surface area (TPSA) is 67.0 Å². The van der Waals surface area contributed by atoms with Gasteiger partial charge >= 0.3 is 7.12 Å². The molecule has 7 nitrogen and oxygen atoms in total. The van der Waals surface area contributed by atoms with Crippen molar-refractivity contribution >= 4 is 56.2 Å². The van der Waals surface area contributed by atoms with E-state index in [0.717, 1.165) is 77.1 Å². The Bertz CT molecular complexity index is 3640. The predicted molar refractivity (Wildman–Crippen MR) is 266 cm³/mol. The fourth-order valence-electron chi connectivity index (χ4n) is 9.50. The first-order valence-electron chi connectivity index (χ1n) is 22.3. The van der Waals surface area contributed by atoms with Crippen molar-refractivity contribution in [1.29, 1.82) is 0 Å². The fourth-order valence-corrected chi connectivity index (χ4v) is 9.50. The molecule has 0 aliphatic carbocycles. The molecule has 4 heterocycles. The summed E-state index contributed by atoms with van der Waals surface area (Å²) < 4.78 is 34.0. The standard InChI is InChI=1S/C57H43BFN5O2/c1-56(2)57(3,4)66-58(65-56)50-46(22-15-23-47(50)59)54-60-53(40-28-26-38(27-29-40)36-16-7-5-8-17-36)61-55(62-54)64-49-25-14-12-21-43(49)45-35-34-44-42-20-11-13-24-48(42)63(51(44)52(45)64)41-32-30-39(31-33-41)37-18-9-6-10-19-37/h5-35H,1-4H3. The Labute approximate surface area is 381 Å². The second-order valence-corrected chi connectivity index (χ2v) is 18.0. The zero-order valence-corrected chi connectivity index (χ0v) is 36.9. The van der Waals surface area contributed by atoms with Gasteiger partial charge in [0.2, 0.25) is 5.95 Å². The van der Waals surface area contributed by atoms with E-state index in [9.17, 15) is 0 Å². The lowest BCUT2D eigenvalue weighted by Crippen LogP contribution is -2.41. The minimum absolute atomic E-state index is 0.238. The van der Waals surface area contributed by atoms with Gasteiger partial charge in [-0.15, -0.1) is 0 Å². The molecule has 8 aromatic carbocycles. The van der Waals surface area contributed by atoms with Gasteiger partial charge in [-0.05, 0) is 80.3 Å². The molecule has 0 amide bonds. The number of aromatic nitrogens is 5. The van der Waals surface area contributed by atoms with Gasteiger partial charge in [0.25, 0.3) is 0 Å². The highest BCUT2D eigenvalue weighted by atomic mass is 19.1. The van der Waals surface area contributed by atoms with E-state index < -0.39 is 24.1 Å². The summed E-state index contributed by atoms with van der Waals surface area (Å²) in [5, 5.41) is 4.31. The number of para-hydroxylation sites is 2. The van der Waals surface area contributed by atoms with Gasteiger partial charge in [-0.1, -0.05) is 158 Å². The molecule has 66 heavy (non-hydrogen) atoms. The van der Waals surface area contributed by atoms with Crippen LogP contribution in [0.3, 0.4) is 0 Å². The van der Waals surface area contributed by atoms with Crippen molar-refractivity contribution in [3.8, 4) is 56.7 Å². The summed E-state index contributed by atoms with van der Waals surface area (Å²) in [6, 6.07) is 64.0. The maximum Gasteiger partial charge on any atom is 0.498 e. The quantitative estimate of drug-likeness (QED) is 0.149. The van der Waals surface area contributed by atoms with Gasteiger partial charge in [0.15, 0.2) is 11.6 Å². The van der Waals surface area contributed by atoms with E-state index >= 15 is 4.39 Å². The summed E-state index contributed by atoms with van der Waals surface area (Å²) in [5.74, 6) is 0.652. The molecule has 0 atom stereocenters. The second-order valence-electron chi connectivity index (χ2n) is 18.0. The van der Waals surface area contributed by atoms with Crippen LogP contribution in [-0.4, -0.2) is 42.4 Å². The van der Waals surface area contributed by atoms with Crippen LogP contribution in [0, 0.1) is 5.82 Å². The average Bonchev–Trinajstić information content (AvgIpc) is 3.95. The lowest BCUT2D eigenvalue weighted by Gasteiger charge is -2.32. The Hall–Kier alpha value is -7.72. The van der Waals surface area contributed by atoms with Crippen LogP contribution in [0.25, 0.3) is 100 Å². The number of fused-ring (bicyclic) bond motifs is 7. The van der Waals surface area contributed by atoms with Crippen molar-refractivity contribution in [1.82, 2.24) is 24.1 Å². The van der Waals surface area contributed by atoms with Crippen LogP contribution in [0.2, 0.25) is 0 Å². The van der Waals surface area contributed by atoms with Crippen LogP contribution in [0.1, 0.15) is 27.7 Å². The van der Waals surface area contributed by atoms with E-state index in [1.165, 1.54) is 6.07 Å². The van der Waals surface area contributed by atoms with Gasteiger partial charge < -0.3 is 13.9 Å². The Morgan fingerprint density at radius 3 is 1.48 bits per heavy atom. The van der Waals surface area contributed by atoms with E-state index in [2.05, 4.69) is 137 Å². The van der Waals surface area contributed by atoms with Gasteiger partial charge in [0.1, 0.15) is 5.82 Å². The number of hydrogen-bond acceptors (Lipinski definition) is 5. The van der Waals surface area contributed by atoms with Gasteiger partial charge in [-0.25, -0.2) is 9.37 Å². The summed E-state index contributed by atoms with van der Waals surface area (Å²) in [6.45, 7) is 7.86. The minimum Gasteiger partial charge on any atom is -0.399 e. The van der Waals surface area contributed by atoms with Crippen molar-refractivity contribution in [2.24, 2.45) is 0 Å². The third kappa shape index (κ3) is 6.37. The maximum absolute atomic E-state index is 16.5. The van der Waals surface area contributed by atoms with Crippen LogP contribution >= 0.6 is 0 Å². The van der Waals surface area contributed by atoms with Crippen molar-refractivity contribution in [3.63, 3.8) is 0 Å². The Morgan fingerprint density at radius 1 is 0.424 bits per heavy atom. The minimum atomic E-state index is -1.00. The SMILES string of the molecule is CC1(C)OB(c2c(F)cccc2-c2nc(-c3ccc(-c4ccccc4)cc3)nc(-n3c4ccccc4c4ccc5c6ccccc6n(-c6ccc(-c7ccccc7)cc6)c5c43)n2)OC1(C)C. The van der Waals surface area contributed by atoms with Crippen LogP contribution in [0.5, 0.6) is 0 Å². The molecule has 1 saturated heterocycles. The number of rotatable bonds is 7. The van der Waals surface area contributed by atoms with Crippen molar-refractivity contribution in [2.45, 2.75) is 38.9 Å². The fraction of sp³-hybridized carbons (Fsp3) is 0.105. The van der Waals surface area contributed by atoms with E-state index in [0.29, 0.717) is 23.2 Å². The van der Waals surface area contributed by atoms with E-state index in [4.69, 9.17) is 24.3 Å². The lowest BCUT2D eigenvalue weighted by atomic mass is 9.75. The van der Waals surface area contributed by atoms with Crippen molar-refractivity contribution in [3.05, 3.63) is 194 Å². The second kappa shape index (κ2) is 15.2. The Morgan fingerprint density at radius 2 is 0.894 bits per heavy atom. The average molecular weight is 860 g/mol. The zero-order chi connectivity index (χ0) is 44.7. The number of benzene rings is 8. The summed E-state index contributed by atoms with van der Waals surface area (Å²) >= 11 is 0. The van der Waals surface area contributed by atoms with Crippen molar-refractivity contribution in [2.75, 3.05) is 0 Å². The largest absolute Gasteiger partial charge is 0.498 e. The number of nitrogens with zero attached hydrogens (tertiary/aromatic N) is 5. The molecule has 1 aliphatic rings. The van der Waals surface area contributed by atoms with E-state index in [1.54, 1.807) is 6.07 Å². The van der Waals surface area contributed by atoms with Gasteiger partial charge in [0.05, 0.1) is 33.3 Å². The zero-order valence-electron chi connectivity index (χ0n) is 36.9. The van der Waals surface area contributed by atoms with Gasteiger partial charge in [-0.3, -0.25) is 4.57 Å². The molecule has 0 bridgehead atoms. The molecule has 0 N–H and O–H groups in total. The molecule has 1 fully saturated rings. The Kier molecular flexibility index (Phi) is 9.17. The molecule has 3 aromatic heterocycles. The number of halogens is 1. The molecule has 0 unspecified atom stereocenters. The van der Waals surface area contributed by atoms with Gasteiger partial charge in [-0.2, -0.15) is 9.97 Å². The smallest absolute Gasteiger partial charge is 0.399 e. The first-order chi connectivity index (χ1) is 32.1. The normalized spacial score (nSPS) is 14.5. The lowest BCUT2D eigenvalue weighted by molar-refractivity contribution is 0.00578. The van der Waals surface area contributed by atoms with E-state index in [-0.39, 0.29) is 5.46 Å². The monoisotopic (exact) mass is 859 g/mol. The highest BCUT2D eigenvalue weighted by Crippen LogP contribution is 2.42. The van der Waals surface area contributed by atoms with E-state index in [1.807, 2.05) is 76.2 Å². The molecule has 0 spiro atoms. The molecule has 11 aromatic rings. The molecule has 318 valence electrons. The highest BCUT2D eigenvalue weighted by molar-refractivity contribution is 6.64.